The number of carboxylic acid groups (broad SMARTS) is 1. The summed E-state index contributed by atoms with van der Waals surface area (Å²) in [5.74, 6) is -1.33. The molecule has 0 bridgehead atoms. The number of aliphatic carboxylic acids is 1. The van der Waals surface area contributed by atoms with E-state index in [-0.39, 0.29) is 24.2 Å². The van der Waals surface area contributed by atoms with E-state index in [0.29, 0.717) is 47.2 Å². The smallest absolute Gasteiger partial charge is 0.303 e. The lowest BCUT2D eigenvalue weighted by Gasteiger charge is -2.15. The highest BCUT2D eigenvalue weighted by Crippen LogP contribution is 2.31. The van der Waals surface area contributed by atoms with Crippen LogP contribution in [-0.4, -0.2) is 27.0 Å². The first-order valence-electron chi connectivity index (χ1n) is 12.1. The maximum Gasteiger partial charge on any atom is 0.303 e. The van der Waals surface area contributed by atoms with Crippen LogP contribution >= 0.6 is 0 Å². The lowest BCUT2D eigenvalue weighted by molar-refractivity contribution is -0.137. The number of aryl methyl sites for hydroxylation is 2. The fraction of sp³-hybridized carbons (Fsp3) is 0.241. The highest BCUT2D eigenvalue weighted by Gasteiger charge is 2.24. The molecule has 0 saturated carbocycles. The molecule has 1 aliphatic carbocycles. The molecule has 0 spiro atoms. The summed E-state index contributed by atoms with van der Waals surface area (Å²) in [5.41, 5.74) is 6.24. The first-order chi connectivity index (χ1) is 17.5. The minimum Gasteiger partial charge on any atom is -0.481 e. The number of nitrogens with zero attached hydrogens (tertiary/aromatic N) is 2. The summed E-state index contributed by atoms with van der Waals surface area (Å²) in [6, 6.07) is 19.5. The van der Waals surface area contributed by atoms with Gasteiger partial charge in [0.25, 0.3) is 5.91 Å². The second kappa shape index (κ2) is 10.2. The van der Waals surface area contributed by atoms with E-state index in [1.165, 1.54) is 23.3 Å². The van der Waals surface area contributed by atoms with E-state index in [1.807, 2.05) is 12.1 Å². The summed E-state index contributed by atoms with van der Waals surface area (Å²) < 4.78 is 13.5. The van der Waals surface area contributed by atoms with Crippen LogP contribution in [0.3, 0.4) is 0 Å². The number of amides is 1. The van der Waals surface area contributed by atoms with Gasteiger partial charge in [-0.3, -0.25) is 9.59 Å². The Balaban J connectivity index is 1.43. The van der Waals surface area contributed by atoms with Crippen molar-refractivity contribution >= 4 is 22.9 Å². The molecule has 1 amide bonds. The van der Waals surface area contributed by atoms with Gasteiger partial charge in [0.05, 0.1) is 28.5 Å². The molecule has 6 nitrogen and oxygen atoms in total. The van der Waals surface area contributed by atoms with Crippen LogP contribution in [0.5, 0.6) is 0 Å². The van der Waals surface area contributed by atoms with Crippen molar-refractivity contribution in [3.63, 3.8) is 0 Å². The van der Waals surface area contributed by atoms with Gasteiger partial charge in [-0.15, -0.1) is 0 Å². The number of carboxylic acids is 1. The van der Waals surface area contributed by atoms with Crippen molar-refractivity contribution in [2.75, 3.05) is 0 Å². The van der Waals surface area contributed by atoms with E-state index < -0.39 is 5.97 Å². The third-order valence-electron chi connectivity index (χ3n) is 6.61. The predicted octanol–water partition coefficient (Wildman–Crippen LogP) is 5.65. The summed E-state index contributed by atoms with van der Waals surface area (Å²) in [5, 5.41) is 12.1. The van der Waals surface area contributed by atoms with Gasteiger partial charge in [-0.05, 0) is 85.7 Å². The summed E-state index contributed by atoms with van der Waals surface area (Å²) in [6.07, 6.45) is 3.58. The van der Waals surface area contributed by atoms with Crippen LogP contribution in [-0.2, 0) is 17.6 Å². The molecule has 0 radical (unpaired) electrons. The van der Waals surface area contributed by atoms with E-state index in [1.54, 1.807) is 30.3 Å². The average Bonchev–Trinajstić information content (AvgIpc) is 3.29. The molecule has 3 aromatic carbocycles. The van der Waals surface area contributed by atoms with Gasteiger partial charge in [-0.25, -0.2) is 14.4 Å². The van der Waals surface area contributed by atoms with Crippen LogP contribution in [0.4, 0.5) is 4.39 Å². The van der Waals surface area contributed by atoms with Gasteiger partial charge in [0.2, 0.25) is 0 Å². The Morgan fingerprint density at radius 3 is 2.58 bits per heavy atom. The minimum absolute atomic E-state index is 0.0128. The zero-order chi connectivity index (χ0) is 25.1. The quantitative estimate of drug-likeness (QED) is 0.316. The van der Waals surface area contributed by atoms with E-state index in [9.17, 15) is 14.0 Å². The molecule has 0 fully saturated rings. The second-order valence-corrected chi connectivity index (χ2v) is 9.09. The number of hydrogen-bond donors (Lipinski definition) is 2. The molecule has 1 atom stereocenters. The van der Waals surface area contributed by atoms with Gasteiger partial charge in [0, 0.05) is 17.5 Å². The number of fused-ring (bicyclic) bond motifs is 2. The SMILES string of the molecule is O=C(O)CCCCc1nc2cc(C(=O)N[C@H]3CCc4ccccc43)ccc2nc1-c1ccc(F)cc1. The summed E-state index contributed by atoms with van der Waals surface area (Å²) in [7, 11) is 0. The van der Waals surface area contributed by atoms with Crippen molar-refractivity contribution < 1.29 is 19.1 Å². The number of benzene rings is 3. The average molecular weight is 484 g/mol. The minimum atomic E-state index is -0.834. The molecule has 1 heterocycles. The predicted molar refractivity (Wildman–Crippen MR) is 135 cm³/mol. The van der Waals surface area contributed by atoms with Crippen molar-refractivity contribution in [2.45, 2.75) is 44.6 Å². The lowest BCUT2D eigenvalue weighted by Crippen LogP contribution is -2.27. The Labute approximate surface area is 208 Å². The molecule has 36 heavy (non-hydrogen) atoms. The Morgan fingerprint density at radius 1 is 0.972 bits per heavy atom. The molecule has 7 heteroatoms. The molecule has 1 aromatic heterocycles. The molecular weight excluding hydrogens is 457 g/mol. The van der Waals surface area contributed by atoms with Crippen molar-refractivity contribution in [2.24, 2.45) is 0 Å². The summed E-state index contributed by atoms with van der Waals surface area (Å²) in [6.45, 7) is 0. The highest BCUT2D eigenvalue weighted by atomic mass is 19.1. The van der Waals surface area contributed by atoms with Gasteiger partial charge in [0.1, 0.15) is 5.82 Å². The number of hydrogen-bond acceptors (Lipinski definition) is 4. The van der Waals surface area contributed by atoms with Gasteiger partial charge in [0.15, 0.2) is 0 Å². The molecule has 0 saturated heterocycles. The maximum atomic E-state index is 13.5. The summed E-state index contributed by atoms with van der Waals surface area (Å²) in [4.78, 5) is 33.6. The number of unbranched alkanes of at least 4 members (excludes halogenated alkanes) is 1. The van der Waals surface area contributed by atoms with E-state index in [2.05, 4.69) is 17.4 Å². The highest BCUT2D eigenvalue weighted by molar-refractivity contribution is 5.97. The topological polar surface area (TPSA) is 92.2 Å². The van der Waals surface area contributed by atoms with Gasteiger partial charge < -0.3 is 10.4 Å². The van der Waals surface area contributed by atoms with E-state index >= 15 is 0 Å². The largest absolute Gasteiger partial charge is 0.481 e. The third-order valence-corrected chi connectivity index (χ3v) is 6.61. The number of aromatic nitrogens is 2. The number of carbonyl (C=O) groups is 2. The van der Waals surface area contributed by atoms with Crippen LogP contribution in [0, 0.1) is 5.82 Å². The fourth-order valence-corrected chi connectivity index (χ4v) is 4.76. The number of halogens is 1. The number of carbonyl (C=O) groups excluding carboxylic acids is 1. The van der Waals surface area contributed by atoms with Crippen LogP contribution < -0.4 is 5.32 Å². The van der Waals surface area contributed by atoms with Gasteiger partial charge in [-0.1, -0.05) is 24.3 Å². The number of rotatable bonds is 8. The Bertz CT molecular complexity index is 1440. The molecular formula is C29H26FN3O3. The van der Waals surface area contributed by atoms with Crippen molar-refractivity contribution in [3.05, 3.63) is 94.9 Å². The van der Waals surface area contributed by atoms with Crippen molar-refractivity contribution in [3.8, 4) is 11.3 Å². The van der Waals surface area contributed by atoms with Gasteiger partial charge >= 0.3 is 5.97 Å². The molecule has 182 valence electrons. The first-order valence-corrected chi connectivity index (χ1v) is 12.1. The number of nitrogens with one attached hydrogen (secondary N) is 1. The first kappa shape index (κ1) is 23.6. The molecule has 1 aliphatic rings. The molecule has 0 unspecified atom stereocenters. The summed E-state index contributed by atoms with van der Waals surface area (Å²) >= 11 is 0. The van der Waals surface area contributed by atoms with Crippen molar-refractivity contribution in [1.29, 1.82) is 0 Å². The fourth-order valence-electron chi connectivity index (χ4n) is 4.76. The maximum absolute atomic E-state index is 13.5. The zero-order valence-electron chi connectivity index (χ0n) is 19.7. The Kier molecular flexibility index (Phi) is 6.71. The van der Waals surface area contributed by atoms with E-state index in [4.69, 9.17) is 15.1 Å². The molecule has 0 aliphatic heterocycles. The standard InChI is InChI=1S/C29H26FN3O3/c30-21-13-9-19(10-14-21)28-25(7-3-4-8-27(34)35)31-26-17-20(12-16-24(26)32-28)29(36)33-23-15-11-18-5-1-2-6-22(18)23/h1-2,5-6,9-10,12-14,16-17,23H,3-4,7-8,11,15H2,(H,33,36)(H,34,35)/t23-/m0/s1. The Morgan fingerprint density at radius 2 is 1.78 bits per heavy atom. The van der Waals surface area contributed by atoms with Crippen LogP contribution in [0.25, 0.3) is 22.3 Å². The van der Waals surface area contributed by atoms with Crippen LogP contribution in [0.1, 0.15) is 58.9 Å². The lowest BCUT2D eigenvalue weighted by atomic mass is 10.0. The second-order valence-electron chi connectivity index (χ2n) is 9.09. The van der Waals surface area contributed by atoms with E-state index in [0.717, 1.165) is 18.4 Å². The normalized spacial score (nSPS) is 14.5. The molecule has 5 rings (SSSR count). The Hall–Kier alpha value is -4.13. The third kappa shape index (κ3) is 5.10. The van der Waals surface area contributed by atoms with Crippen LogP contribution in [0.15, 0.2) is 66.7 Å². The molecule has 4 aromatic rings. The van der Waals surface area contributed by atoms with Gasteiger partial charge in [-0.2, -0.15) is 0 Å². The van der Waals surface area contributed by atoms with Crippen molar-refractivity contribution in [1.82, 2.24) is 15.3 Å². The zero-order valence-corrected chi connectivity index (χ0v) is 19.7. The monoisotopic (exact) mass is 483 g/mol. The molecule has 2 N–H and O–H groups in total. The van der Waals surface area contributed by atoms with Crippen LogP contribution in [0.2, 0.25) is 0 Å².